The number of sulfone groups is 1. The van der Waals surface area contributed by atoms with Crippen molar-refractivity contribution in [1.82, 2.24) is 5.32 Å². The van der Waals surface area contributed by atoms with Crippen molar-refractivity contribution < 1.29 is 27.9 Å². The largest absolute Gasteiger partial charge is 0.479 e. The molecule has 0 saturated heterocycles. The van der Waals surface area contributed by atoms with Gasteiger partial charge in [0.25, 0.3) is 5.91 Å². The molecule has 1 amide bonds. The van der Waals surface area contributed by atoms with Crippen LogP contribution in [0.4, 0.5) is 0 Å². The number of hydrogen-bond donors (Lipinski definition) is 2. The van der Waals surface area contributed by atoms with E-state index in [2.05, 4.69) is 5.32 Å². The van der Waals surface area contributed by atoms with Crippen molar-refractivity contribution in [2.45, 2.75) is 11.9 Å². The highest BCUT2D eigenvalue weighted by atomic mass is 32.2. The summed E-state index contributed by atoms with van der Waals surface area (Å²) >= 11 is 0. The Morgan fingerprint density at radius 2 is 1.86 bits per heavy atom. The minimum Gasteiger partial charge on any atom is -0.479 e. The summed E-state index contributed by atoms with van der Waals surface area (Å²) in [6, 6.07) is 6.05. The number of carboxylic acid groups (broad SMARTS) is 1. The molecule has 0 heterocycles. The van der Waals surface area contributed by atoms with E-state index in [1.807, 2.05) is 0 Å². The molecule has 0 fully saturated rings. The second kappa shape index (κ2) is 7.19. The Bertz CT molecular complexity index is 608. The summed E-state index contributed by atoms with van der Waals surface area (Å²) in [5, 5.41) is 11.2. The van der Waals surface area contributed by atoms with E-state index in [0.29, 0.717) is 11.1 Å². The molecule has 1 aromatic rings. The van der Waals surface area contributed by atoms with Crippen LogP contribution < -0.4 is 5.32 Å². The molecule has 0 aliphatic heterocycles. The number of carbonyl (C=O) groups excluding carboxylic acids is 1. The van der Waals surface area contributed by atoms with E-state index in [1.165, 1.54) is 19.2 Å². The van der Waals surface area contributed by atoms with Crippen LogP contribution in [0.25, 0.3) is 0 Å². The molecule has 1 atom stereocenters. The van der Waals surface area contributed by atoms with Gasteiger partial charge in [-0.15, -0.1) is 0 Å². The van der Waals surface area contributed by atoms with Crippen molar-refractivity contribution >= 4 is 21.7 Å². The average Bonchev–Trinajstić information content (AvgIpc) is 2.37. The molecule has 116 valence electrons. The lowest BCUT2D eigenvalue weighted by molar-refractivity contribution is -0.148. The summed E-state index contributed by atoms with van der Waals surface area (Å²) in [6.45, 7) is -0.157. The van der Waals surface area contributed by atoms with Crippen LogP contribution in [0.5, 0.6) is 0 Å². The number of amides is 1. The highest BCUT2D eigenvalue weighted by Crippen LogP contribution is 2.08. The summed E-state index contributed by atoms with van der Waals surface area (Å²) < 4.78 is 27.0. The van der Waals surface area contributed by atoms with Gasteiger partial charge in [-0.05, 0) is 17.7 Å². The van der Waals surface area contributed by atoms with Gasteiger partial charge in [0.1, 0.15) is 0 Å². The lowest BCUT2D eigenvalue weighted by Crippen LogP contribution is -2.37. The zero-order valence-electron chi connectivity index (χ0n) is 11.7. The van der Waals surface area contributed by atoms with Gasteiger partial charge >= 0.3 is 5.97 Å². The summed E-state index contributed by atoms with van der Waals surface area (Å²) in [4.78, 5) is 22.5. The number of rotatable bonds is 7. The van der Waals surface area contributed by atoms with Gasteiger partial charge in [0, 0.05) is 18.9 Å². The summed E-state index contributed by atoms with van der Waals surface area (Å²) in [6.07, 6.45) is 0.0168. The molecule has 1 unspecified atom stereocenters. The van der Waals surface area contributed by atoms with Gasteiger partial charge in [0.15, 0.2) is 15.9 Å². The number of carbonyl (C=O) groups is 2. The fourth-order valence-electron chi connectivity index (χ4n) is 1.61. The second-order valence-electron chi connectivity index (χ2n) is 4.54. The van der Waals surface area contributed by atoms with E-state index in [0.717, 1.165) is 6.26 Å². The number of hydrogen-bond acceptors (Lipinski definition) is 5. The summed E-state index contributed by atoms with van der Waals surface area (Å²) in [7, 11) is -1.89. The maximum Gasteiger partial charge on any atom is 0.334 e. The zero-order valence-corrected chi connectivity index (χ0v) is 12.5. The van der Waals surface area contributed by atoms with Crippen molar-refractivity contribution in [3.63, 3.8) is 0 Å². The zero-order chi connectivity index (χ0) is 16.0. The Balaban J connectivity index is 2.65. The van der Waals surface area contributed by atoms with Crippen LogP contribution in [0, 0.1) is 0 Å². The highest BCUT2D eigenvalue weighted by molar-refractivity contribution is 7.89. The Morgan fingerprint density at radius 1 is 1.29 bits per heavy atom. The normalized spacial score (nSPS) is 12.7. The van der Waals surface area contributed by atoms with E-state index in [4.69, 9.17) is 9.84 Å². The first kappa shape index (κ1) is 17.1. The molecule has 0 spiro atoms. The number of methoxy groups -OCH3 is 1. The molecular formula is C13H17NO6S. The minimum absolute atomic E-state index is 0.0976. The third-order valence-electron chi connectivity index (χ3n) is 2.65. The first-order valence-electron chi connectivity index (χ1n) is 6.03. The van der Waals surface area contributed by atoms with Crippen molar-refractivity contribution in [3.05, 3.63) is 35.4 Å². The van der Waals surface area contributed by atoms with Crippen molar-refractivity contribution in [3.8, 4) is 0 Å². The molecule has 0 radical (unpaired) electrons. The Labute approximate surface area is 122 Å². The van der Waals surface area contributed by atoms with Crippen LogP contribution >= 0.6 is 0 Å². The van der Waals surface area contributed by atoms with Crippen molar-refractivity contribution in [1.29, 1.82) is 0 Å². The van der Waals surface area contributed by atoms with Crippen LogP contribution in [0.2, 0.25) is 0 Å². The molecule has 0 aliphatic rings. The minimum atomic E-state index is -3.13. The Hall–Kier alpha value is -1.93. The molecule has 1 rings (SSSR count). The SMILES string of the molecule is COC(CNC(=O)c1ccc(CS(C)(=O)=O)cc1)C(=O)O. The number of benzene rings is 1. The Kier molecular flexibility index (Phi) is 5.86. The number of aliphatic carboxylic acids is 1. The van der Waals surface area contributed by atoms with E-state index in [-0.39, 0.29) is 12.3 Å². The third kappa shape index (κ3) is 5.92. The maximum atomic E-state index is 11.8. The molecule has 0 aliphatic carbocycles. The summed E-state index contributed by atoms with van der Waals surface area (Å²) in [5.41, 5.74) is 0.891. The number of carboxylic acids is 1. The van der Waals surface area contributed by atoms with E-state index in [9.17, 15) is 18.0 Å². The van der Waals surface area contributed by atoms with Gasteiger partial charge in [-0.3, -0.25) is 4.79 Å². The fraction of sp³-hybridized carbons (Fsp3) is 0.385. The van der Waals surface area contributed by atoms with E-state index >= 15 is 0 Å². The Morgan fingerprint density at radius 3 is 2.29 bits per heavy atom. The molecule has 0 aromatic heterocycles. The molecule has 0 saturated carbocycles. The van der Waals surface area contributed by atoms with Crippen LogP contribution in [0.3, 0.4) is 0 Å². The molecular weight excluding hydrogens is 298 g/mol. The van der Waals surface area contributed by atoms with Gasteiger partial charge in [-0.1, -0.05) is 12.1 Å². The topological polar surface area (TPSA) is 110 Å². The van der Waals surface area contributed by atoms with Gasteiger partial charge in [-0.25, -0.2) is 13.2 Å². The van der Waals surface area contributed by atoms with Crippen molar-refractivity contribution in [2.75, 3.05) is 19.9 Å². The third-order valence-corrected chi connectivity index (χ3v) is 3.51. The highest BCUT2D eigenvalue weighted by Gasteiger charge is 2.17. The first-order valence-corrected chi connectivity index (χ1v) is 8.09. The second-order valence-corrected chi connectivity index (χ2v) is 6.68. The molecule has 0 bridgehead atoms. The quantitative estimate of drug-likeness (QED) is 0.736. The van der Waals surface area contributed by atoms with Crippen LogP contribution in [-0.4, -0.2) is 51.4 Å². The predicted molar refractivity (Wildman–Crippen MR) is 75.8 cm³/mol. The standard InChI is InChI=1S/C13H17NO6S/c1-20-11(13(16)17)7-14-12(15)10-5-3-9(4-6-10)8-21(2,18)19/h3-6,11H,7-8H2,1-2H3,(H,14,15)(H,16,17). The van der Waals surface area contributed by atoms with Crippen LogP contribution in [-0.2, 0) is 25.1 Å². The molecule has 1 aromatic carbocycles. The van der Waals surface area contributed by atoms with Gasteiger partial charge in [-0.2, -0.15) is 0 Å². The van der Waals surface area contributed by atoms with Crippen LogP contribution in [0.1, 0.15) is 15.9 Å². The average molecular weight is 315 g/mol. The first-order chi connectivity index (χ1) is 9.73. The molecule has 8 heteroatoms. The number of nitrogens with one attached hydrogen (secondary N) is 1. The number of ether oxygens (including phenoxy) is 1. The van der Waals surface area contributed by atoms with Crippen molar-refractivity contribution in [2.24, 2.45) is 0 Å². The lowest BCUT2D eigenvalue weighted by Gasteiger charge is -2.11. The monoisotopic (exact) mass is 315 g/mol. The van der Waals surface area contributed by atoms with E-state index in [1.54, 1.807) is 12.1 Å². The van der Waals surface area contributed by atoms with E-state index < -0.39 is 27.8 Å². The van der Waals surface area contributed by atoms with Gasteiger partial charge in [0.05, 0.1) is 12.3 Å². The van der Waals surface area contributed by atoms with Crippen LogP contribution in [0.15, 0.2) is 24.3 Å². The molecule has 2 N–H and O–H groups in total. The maximum absolute atomic E-state index is 11.8. The fourth-order valence-corrected chi connectivity index (χ4v) is 2.41. The smallest absolute Gasteiger partial charge is 0.334 e. The molecule has 7 nitrogen and oxygen atoms in total. The van der Waals surface area contributed by atoms with Gasteiger partial charge in [0.2, 0.25) is 0 Å². The molecule has 21 heavy (non-hydrogen) atoms. The van der Waals surface area contributed by atoms with Gasteiger partial charge < -0.3 is 15.2 Å². The summed E-state index contributed by atoms with van der Waals surface area (Å²) in [5.74, 6) is -1.72. The predicted octanol–water partition coefficient (Wildman–Crippen LogP) is 0.0606. The lowest BCUT2D eigenvalue weighted by atomic mass is 10.1.